The lowest BCUT2D eigenvalue weighted by atomic mass is 9.91. The molecule has 2 aromatic rings. The van der Waals surface area contributed by atoms with Crippen LogP contribution in [0, 0.1) is 0 Å². The molecule has 2 rings (SSSR count). The molecular formula is C20H28N2O2. The zero-order chi connectivity index (χ0) is 17.6. The van der Waals surface area contributed by atoms with E-state index in [1.807, 2.05) is 86.5 Å². The topological polar surface area (TPSA) is 55.7 Å². The molecule has 4 nitrogen and oxygen atoms in total. The van der Waals surface area contributed by atoms with Crippen LogP contribution >= 0.6 is 0 Å². The van der Waals surface area contributed by atoms with Crippen molar-refractivity contribution in [1.82, 2.24) is 10.2 Å². The molecule has 0 saturated carbocycles. The van der Waals surface area contributed by atoms with E-state index in [0.29, 0.717) is 6.54 Å². The molecule has 0 bridgehead atoms. The Balaban J connectivity index is 2.48. The summed E-state index contributed by atoms with van der Waals surface area (Å²) in [6.45, 7) is 4.40. The summed E-state index contributed by atoms with van der Waals surface area (Å²) in [6, 6.07) is 19.2. The van der Waals surface area contributed by atoms with Gasteiger partial charge in [0.2, 0.25) is 0 Å². The third-order valence-corrected chi connectivity index (χ3v) is 4.67. The van der Waals surface area contributed by atoms with Gasteiger partial charge in [-0.15, -0.1) is 0 Å². The molecular weight excluding hydrogens is 300 g/mol. The van der Waals surface area contributed by atoms with Gasteiger partial charge >= 0.3 is 0 Å². The summed E-state index contributed by atoms with van der Waals surface area (Å²) in [6.07, 6.45) is 0. The van der Waals surface area contributed by atoms with Gasteiger partial charge in [0.05, 0.1) is 12.6 Å². The molecule has 2 aromatic carbocycles. The van der Waals surface area contributed by atoms with E-state index in [4.69, 9.17) is 0 Å². The van der Waals surface area contributed by atoms with E-state index in [2.05, 4.69) is 5.32 Å². The fourth-order valence-corrected chi connectivity index (χ4v) is 3.04. The van der Waals surface area contributed by atoms with Crippen LogP contribution in [0.2, 0.25) is 0 Å². The molecule has 0 saturated heterocycles. The van der Waals surface area contributed by atoms with Crippen LogP contribution in [0.3, 0.4) is 0 Å². The number of aliphatic hydroxyl groups excluding tert-OH is 1. The highest BCUT2D eigenvalue weighted by molar-refractivity contribution is 5.25. The Morgan fingerprint density at radius 1 is 1.00 bits per heavy atom. The van der Waals surface area contributed by atoms with Crippen LogP contribution in [0.15, 0.2) is 60.7 Å². The molecule has 0 aliphatic rings. The van der Waals surface area contributed by atoms with Gasteiger partial charge in [0.1, 0.15) is 0 Å². The number of benzene rings is 2. The maximum absolute atomic E-state index is 11.7. The largest absolute Gasteiger partial charge is 0.395 e. The van der Waals surface area contributed by atoms with Gasteiger partial charge in [0, 0.05) is 18.2 Å². The highest BCUT2D eigenvalue weighted by atomic mass is 16.3. The summed E-state index contributed by atoms with van der Waals surface area (Å²) in [4.78, 5) is 1.96. The lowest BCUT2D eigenvalue weighted by molar-refractivity contribution is -0.164. The number of nitrogens with one attached hydrogen (secondary N) is 1. The zero-order valence-corrected chi connectivity index (χ0v) is 14.7. The zero-order valence-electron chi connectivity index (χ0n) is 14.7. The van der Waals surface area contributed by atoms with Crippen molar-refractivity contribution in [3.05, 3.63) is 71.8 Å². The molecule has 0 aromatic heterocycles. The first-order valence-electron chi connectivity index (χ1n) is 8.40. The van der Waals surface area contributed by atoms with Crippen molar-refractivity contribution in [2.24, 2.45) is 0 Å². The third kappa shape index (κ3) is 3.84. The first kappa shape index (κ1) is 18.6. The maximum Gasteiger partial charge on any atom is 0.160 e. The molecule has 24 heavy (non-hydrogen) atoms. The molecule has 0 aliphatic heterocycles. The van der Waals surface area contributed by atoms with Crippen molar-refractivity contribution in [2.45, 2.75) is 38.2 Å². The number of rotatable bonds is 8. The summed E-state index contributed by atoms with van der Waals surface area (Å²) in [5.74, 6) is 0. The van der Waals surface area contributed by atoms with Gasteiger partial charge in [-0.3, -0.25) is 4.90 Å². The fourth-order valence-electron chi connectivity index (χ4n) is 3.04. The smallest absolute Gasteiger partial charge is 0.160 e. The van der Waals surface area contributed by atoms with Crippen LogP contribution in [-0.4, -0.2) is 40.9 Å². The number of hydrogen-bond acceptors (Lipinski definition) is 4. The van der Waals surface area contributed by atoms with Crippen molar-refractivity contribution in [2.75, 3.05) is 13.7 Å². The second kappa shape index (κ2) is 8.40. The van der Waals surface area contributed by atoms with Crippen LogP contribution in [0.25, 0.3) is 0 Å². The van der Waals surface area contributed by atoms with Crippen LogP contribution in [0.1, 0.15) is 25.0 Å². The number of aliphatic hydroxyl groups is 2. The first-order valence-corrected chi connectivity index (χ1v) is 8.40. The van der Waals surface area contributed by atoms with E-state index in [1.54, 1.807) is 0 Å². The predicted molar refractivity (Wildman–Crippen MR) is 97.4 cm³/mol. The van der Waals surface area contributed by atoms with Crippen LogP contribution in [-0.2, 0) is 12.3 Å². The molecule has 0 aliphatic carbocycles. The summed E-state index contributed by atoms with van der Waals surface area (Å²) in [7, 11) is 1.84. The molecule has 0 radical (unpaired) electrons. The van der Waals surface area contributed by atoms with Crippen LogP contribution in [0.4, 0.5) is 0 Å². The van der Waals surface area contributed by atoms with Crippen LogP contribution < -0.4 is 5.32 Å². The molecule has 4 heteroatoms. The summed E-state index contributed by atoms with van der Waals surface area (Å²) >= 11 is 0. The van der Waals surface area contributed by atoms with Gasteiger partial charge in [0.25, 0.3) is 0 Å². The number of hydrogen-bond donors (Lipinski definition) is 3. The number of likely N-dealkylation sites (N-methyl/N-ethyl adjacent to an activating group) is 1. The monoisotopic (exact) mass is 328 g/mol. The SMILES string of the molecule is CNC(C)C(O)(c1ccccc1)N(Cc1ccccc1)[C@@H](C)CO. The van der Waals surface area contributed by atoms with Gasteiger partial charge in [-0.1, -0.05) is 60.7 Å². The van der Waals surface area contributed by atoms with Gasteiger partial charge in [0.15, 0.2) is 5.72 Å². The molecule has 0 amide bonds. The Bertz CT molecular complexity index is 606. The van der Waals surface area contributed by atoms with E-state index in [-0.39, 0.29) is 18.7 Å². The average Bonchev–Trinajstić information content (AvgIpc) is 2.65. The minimum Gasteiger partial charge on any atom is -0.395 e. The minimum atomic E-state index is -1.24. The van der Waals surface area contributed by atoms with E-state index in [9.17, 15) is 10.2 Å². The third-order valence-electron chi connectivity index (χ3n) is 4.67. The fraction of sp³-hybridized carbons (Fsp3) is 0.400. The van der Waals surface area contributed by atoms with Crippen molar-refractivity contribution < 1.29 is 10.2 Å². The van der Waals surface area contributed by atoms with Gasteiger partial charge in [-0.2, -0.15) is 0 Å². The molecule has 0 spiro atoms. The molecule has 0 heterocycles. The Morgan fingerprint density at radius 2 is 1.54 bits per heavy atom. The second-order valence-electron chi connectivity index (χ2n) is 6.25. The van der Waals surface area contributed by atoms with Crippen molar-refractivity contribution in [3.63, 3.8) is 0 Å². The lowest BCUT2D eigenvalue weighted by Gasteiger charge is -2.46. The Labute approximate surface area is 144 Å². The predicted octanol–water partition coefficient (Wildman–Crippen LogP) is 2.32. The van der Waals surface area contributed by atoms with E-state index in [0.717, 1.165) is 11.1 Å². The van der Waals surface area contributed by atoms with E-state index in [1.165, 1.54) is 0 Å². The van der Waals surface area contributed by atoms with Gasteiger partial charge < -0.3 is 15.5 Å². The quantitative estimate of drug-likeness (QED) is 0.651. The lowest BCUT2D eigenvalue weighted by Crippen LogP contribution is -2.60. The Kier molecular flexibility index (Phi) is 6.52. The van der Waals surface area contributed by atoms with Crippen molar-refractivity contribution >= 4 is 0 Å². The highest BCUT2D eigenvalue weighted by Crippen LogP contribution is 2.32. The molecule has 3 N–H and O–H groups in total. The maximum atomic E-state index is 11.7. The minimum absolute atomic E-state index is 0.0294. The van der Waals surface area contributed by atoms with E-state index >= 15 is 0 Å². The number of nitrogens with zero attached hydrogens (tertiary/aromatic N) is 1. The summed E-state index contributed by atoms with van der Waals surface area (Å²) in [5.41, 5.74) is 0.659. The Morgan fingerprint density at radius 3 is 2.04 bits per heavy atom. The van der Waals surface area contributed by atoms with Gasteiger partial charge in [-0.25, -0.2) is 0 Å². The van der Waals surface area contributed by atoms with Crippen molar-refractivity contribution in [3.8, 4) is 0 Å². The Hall–Kier alpha value is -1.72. The standard InChI is InChI=1S/C20H28N2O2/c1-16(15-23)22(14-18-10-6-4-7-11-18)20(24,17(2)21-3)19-12-8-5-9-13-19/h4-13,16-17,21,23-24H,14-15H2,1-3H3/t16-,17?,20?/m0/s1. The molecule has 2 unspecified atom stereocenters. The molecule has 3 atom stereocenters. The van der Waals surface area contributed by atoms with Crippen molar-refractivity contribution in [1.29, 1.82) is 0 Å². The first-order chi connectivity index (χ1) is 11.5. The van der Waals surface area contributed by atoms with Gasteiger partial charge in [-0.05, 0) is 26.5 Å². The van der Waals surface area contributed by atoms with E-state index < -0.39 is 5.72 Å². The molecule has 130 valence electrons. The highest BCUT2D eigenvalue weighted by Gasteiger charge is 2.43. The summed E-state index contributed by atoms with van der Waals surface area (Å²) < 4.78 is 0. The van der Waals surface area contributed by atoms with Crippen LogP contribution in [0.5, 0.6) is 0 Å². The second-order valence-corrected chi connectivity index (χ2v) is 6.25. The normalized spacial score (nSPS) is 16.6. The average molecular weight is 328 g/mol. The summed E-state index contributed by atoms with van der Waals surface area (Å²) in [5, 5.41) is 24.7. The molecule has 0 fully saturated rings.